The van der Waals surface area contributed by atoms with Gasteiger partial charge in [-0.3, -0.25) is 9.29 Å². The molecule has 6 nitrogen and oxygen atoms in total. The number of phenols is 1. The summed E-state index contributed by atoms with van der Waals surface area (Å²) in [5.41, 5.74) is 5.12. The van der Waals surface area contributed by atoms with E-state index in [2.05, 4.69) is 22.0 Å². The number of benzene rings is 2. The number of aromatic hydroxyl groups is 1. The monoisotopic (exact) mass is 504 g/mol. The summed E-state index contributed by atoms with van der Waals surface area (Å²) in [6, 6.07) is 17.3. The maximum atomic E-state index is 12.5. The summed E-state index contributed by atoms with van der Waals surface area (Å²) >= 11 is 0. The van der Waals surface area contributed by atoms with Crippen LogP contribution in [-0.4, -0.2) is 60.6 Å². The lowest BCUT2D eigenvalue weighted by molar-refractivity contribution is 0.198. The van der Waals surface area contributed by atoms with Gasteiger partial charge in [0, 0.05) is 49.9 Å². The molecule has 3 aromatic rings. The van der Waals surface area contributed by atoms with Gasteiger partial charge in [-0.2, -0.15) is 0 Å². The number of pyridine rings is 1. The van der Waals surface area contributed by atoms with Crippen molar-refractivity contribution in [3.05, 3.63) is 77.5 Å². The second-order valence-corrected chi connectivity index (χ2v) is 9.35. The molecule has 0 unspecified atom stereocenters. The molecule has 1 fully saturated rings. The average Bonchev–Trinajstić information content (AvgIpc) is 3.27. The third-order valence-corrected chi connectivity index (χ3v) is 6.81. The molecule has 1 atom stereocenters. The van der Waals surface area contributed by atoms with Gasteiger partial charge in [-0.05, 0) is 72.4 Å². The van der Waals surface area contributed by atoms with Crippen LogP contribution in [0.25, 0.3) is 11.1 Å². The molecule has 7 heteroatoms. The van der Waals surface area contributed by atoms with Crippen LogP contribution < -0.4 is 14.2 Å². The third kappa shape index (κ3) is 5.88. The summed E-state index contributed by atoms with van der Waals surface area (Å²) in [6.45, 7) is 5.27. The maximum Gasteiger partial charge on any atom is 0.213 e. The molecule has 2 aliphatic rings. The fraction of sp³-hybridized carbons (Fsp3) is 0.367. The lowest BCUT2D eigenvalue weighted by Crippen LogP contribution is -2.26. The smallest absolute Gasteiger partial charge is 0.213 e. The van der Waals surface area contributed by atoms with E-state index in [1.54, 1.807) is 12.1 Å². The van der Waals surface area contributed by atoms with E-state index in [-0.39, 0.29) is 18.5 Å². The fourth-order valence-corrected chi connectivity index (χ4v) is 5.07. The van der Waals surface area contributed by atoms with Crippen LogP contribution in [0.3, 0.4) is 0 Å². The molecular weight excluding hydrogens is 471 g/mol. The number of phenolic OH excluding ortho intramolecular Hbond substituents is 1. The first kappa shape index (κ1) is 25.1. The Kier molecular flexibility index (Phi) is 7.90. The summed E-state index contributed by atoms with van der Waals surface area (Å²) in [4.78, 5) is 6.75. The minimum atomic E-state index is -0.276. The first-order chi connectivity index (χ1) is 18.1. The molecule has 0 radical (unpaired) electrons. The van der Waals surface area contributed by atoms with Crippen LogP contribution >= 0.6 is 0 Å². The largest absolute Gasteiger partial charge is 0.508 e. The van der Waals surface area contributed by atoms with Crippen molar-refractivity contribution in [1.29, 1.82) is 0 Å². The summed E-state index contributed by atoms with van der Waals surface area (Å²) in [6.07, 6.45) is 4.17. The summed E-state index contributed by atoms with van der Waals surface area (Å²) in [5.74, 6) is 2.25. The highest BCUT2D eigenvalue weighted by Crippen LogP contribution is 2.42. The molecule has 2 aromatic carbocycles. The Bertz CT molecular complexity index is 1230. The molecule has 0 amide bonds. The highest BCUT2D eigenvalue weighted by atomic mass is 19.1. The molecule has 2 aliphatic heterocycles. The minimum absolute atomic E-state index is 0.116. The van der Waals surface area contributed by atoms with Gasteiger partial charge in [0.25, 0.3) is 0 Å². The van der Waals surface area contributed by atoms with E-state index in [1.165, 1.54) is 0 Å². The summed E-state index contributed by atoms with van der Waals surface area (Å²) in [7, 11) is 0. The van der Waals surface area contributed by atoms with Gasteiger partial charge in [0.1, 0.15) is 23.4 Å². The van der Waals surface area contributed by atoms with Crippen molar-refractivity contribution in [3.8, 4) is 23.1 Å². The average molecular weight is 505 g/mol. The third-order valence-electron chi connectivity index (χ3n) is 6.81. The minimum Gasteiger partial charge on any atom is -0.508 e. The number of rotatable bonds is 9. The van der Waals surface area contributed by atoms with E-state index in [4.69, 9.17) is 14.2 Å². The van der Waals surface area contributed by atoms with Gasteiger partial charge in [-0.15, -0.1) is 0 Å². The number of hydrogen-bond acceptors (Lipinski definition) is 6. The van der Waals surface area contributed by atoms with Crippen LogP contribution in [0, 0.1) is 0 Å². The standard InChI is InChI=1S/C30H33FN2O4/c1-2-35-29-11-6-22(19-32-29)26-13-17-36-28-18-23(34)7-10-27(28)30(26)21-4-8-24(9-5-21)37-25-12-16-33(20-25)15-3-14-31/h4-11,18-19,25,34H,2-3,12-17,20H2,1H3/t25-/m0/s1. The Morgan fingerprint density at radius 3 is 2.70 bits per heavy atom. The predicted octanol–water partition coefficient (Wildman–Crippen LogP) is 5.74. The Labute approximate surface area is 217 Å². The lowest BCUT2D eigenvalue weighted by Gasteiger charge is -2.18. The lowest BCUT2D eigenvalue weighted by atomic mass is 9.88. The van der Waals surface area contributed by atoms with Crippen LogP contribution in [0.4, 0.5) is 4.39 Å². The first-order valence-corrected chi connectivity index (χ1v) is 13.0. The number of likely N-dealkylation sites (tertiary alicyclic amines) is 1. The molecule has 1 N–H and O–H groups in total. The number of aromatic nitrogens is 1. The molecule has 0 spiro atoms. The predicted molar refractivity (Wildman–Crippen MR) is 142 cm³/mol. The molecule has 0 bridgehead atoms. The molecular formula is C30H33FN2O4. The molecule has 5 rings (SSSR count). The Morgan fingerprint density at radius 1 is 1.11 bits per heavy atom. The number of nitrogens with zero attached hydrogens (tertiary/aromatic N) is 2. The van der Waals surface area contributed by atoms with E-state index < -0.39 is 0 Å². The van der Waals surface area contributed by atoms with Gasteiger partial charge in [0.05, 0.1) is 19.9 Å². The highest BCUT2D eigenvalue weighted by molar-refractivity contribution is 6.00. The SMILES string of the molecule is CCOc1ccc(C2=C(c3ccc(O[C@H]4CCN(CCCF)C4)cc3)c3ccc(O)cc3OCC2)cn1. The van der Waals surface area contributed by atoms with E-state index in [0.717, 1.165) is 59.6 Å². The van der Waals surface area contributed by atoms with Crippen molar-refractivity contribution in [1.82, 2.24) is 9.88 Å². The van der Waals surface area contributed by atoms with Crippen molar-refractivity contribution >= 4 is 11.1 Å². The van der Waals surface area contributed by atoms with Crippen molar-refractivity contribution in [2.24, 2.45) is 0 Å². The second kappa shape index (κ2) is 11.6. The highest BCUT2D eigenvalue weighted by Gasteiger charge is 2.25. The van der Waals surface area contributed by atoms with Crippen molar-refractivity contribution in [2.75, 3.05) is 39.5 Å². The Balaban J connectivity index is 1.45. The number of ether oxygens (including phenoxy) is 3. The molecule has 1 aromatic heterocycles. The van der Waals surface area contributed by atoms with Crippen LogP contribution in [-0.2, 0) is 0 Å². The Morgan fingerprint density at radius 2 is 1.95 bits per heavy atom. The maximum absolute atomic E-state index is 12.5. The van der Waals surface area contributed by atoms with Gasteiger partial charge in [-0.25, -0.2) is 4.98 Å². The summed E-state index contributed by atoms with van der Waals surface area (Å²) in [5, 5.41) is 10.1. The van der Waals surface area contributed by atoms with E-state index in [0.29, 0.717) is 37.7 Å². The van der Waals surface area contributed by atoms with Gasteiger partial charge < -0.3 is 19.3 Å². The van der Waals surface area contributed by atoms with Gasteiger partial charge >= 0.3 is 0 Å². The van der Waals surface area contributed by atoms with Crippen molar-refractivity contribution in [2.45, 2.75) is 32.3 Å². The van der Waals surface area contributed by atoms with Crippen molar-refractivity contribution in [3.63, 3.8) is 0 Å². The zero-order valence-electron chi connectivity index (χ0n) is 21.2. The first-order valence-electron chi connectivity index (χ1n) is 13.0. The van der Waals surface area contributed by atoms with Gasteiger partial charge in [0.15, 0.2) is 0 Å². The second-order valence-electron chi connectivity index (χ2n) is 9.35. The normalized spacial score (nSPS) is 17.7. The Hall–Kier alpha value is -3.58. The van der Waals surface area contributed by atoms with Gasteiger partial charge in [0.2, 0.25) is 5.88 Å². The zero-order chi connectivity index (χ0) is 25.6. The number of hydrogen-bond donors (Lipinski definition) is 1. The topological polar surface area (TPSA) is 64.1 Å². The van der Waals surface area contributed by atoms with Crippen LogP contribution in [0.15, 0.2) is 60.8 Å². The number of fused-ring (bicyclic) bond motifs is 1. The number of alkyl halides is 1. The van der Waals surface area contributed by atoms with Gasteiger partial charge in [-0.1, -0.05) is 12.1 Å². The number of halogens is 1. The quantitative estimate of drug-likeness (QED) is 0.401. The zero-order valence-corrected chi connectivity index (χ0v) is 21.2. The molecule has 3 heterocycles. The summed E-state index contributed by atoms with van der Waals surface area (Å²) < 4.78 is 30.3. The van der Waals surface area contributed by atoms with Crippen LogP contribution in [0.5, 0.6) is 23.1 Å². The van der Waals surface area contributed by atoms with Crippen molar-refractivity contribution < 1.29 is 23.7 Å². The van der Waals surface area contributed by atoms with E-state index in [9.17, 15) is 9.50 Å². The molecule has 0 aliphatic carbocycles. The molecule has 37 heavy (non-hydrogen) atoms. The fourth-order valence-electron chi connectivity index (χ4n) is 5.07. The van der Waals surface area contributed by atoms with E-state index >= 15 is 0 Å². The molecule has 0 saturated carbocycles. The van der Waals surface area contributed by atoms with Crippen LogP contribution in [0.2, 0.25) is 0 Å². The van der Waals surface area contributed by atoms with Crippen LogP contribution in [0.1, 0.15) is 42.9 Å². The molecule has 194 valence electrons. The van der Waals surface area contributed by atoms with E-state index in [1.807, 2.05) is 43.5 Å². The molecule has 1 saturated heterocycles.